The lowest BCUT2D eigenvalue weighted by atomic mass is 9.98. The van der Waals surface area contributed by atoms with E-state index >= 15 is 0 Å². The molecule has 1 aliphatic rings. The summed E-state index contributed by atoms with van der Waals surface area (Å²) in [7, 11) is 0. The smallest absolute Gasteiger partial charge is 0.220 e. The third-order valence-corrected chi connectivity index (χ3v) is 4.54. The van der Waals surface area contributed by atoms with Crippen LogP contribution in [0, 0.1) is 5.92 Å². The molecule has 1 fully saturated rings. The lowest BCUT2D eigenvalue weighted by Crippen LogP contribution is -2.29. The quantitative estimate of drug-likeness (QED) is 0.902. The first-order chi connectivity index (χ1) is 8.75. The van der Waals surface area contributed by atoms with Crippen molar-refractivity contribution >= 4 is 17.7 Å². The predicted octanol–water partition coefficient (Wildman–Crippen LogP) is 3.40. The third-order valence-electron chi connectivity index (χ3n) is 3.49. The topological polar surface area (TPSA) is 29.1 Å². The molecule has 1 unspecified atom stereocenters. The fourth-order valence-corrected chi connectivity index (χ4v) is 3.54. The number of nitrogens with one attached hydrogen (secondary N) is 1. The molecule has 3 heteroatoms. The molecule has 1 atom stereocenters. The van der Waals surface area contributed by atoms with Gasteiger partial charge >= 0.3 is 0 Å². The van der Waals surface area contributed by atoms with Gasteiger partial charge in [0.15, 0.2) is 0 Å². The van der Waals surface area contributed by atoms with Crippen molar-refractivity contribution in [3.63, 3.8) is 0 Å². The molecule has 1 heterocycles. The Labute approximate surface area is 114 Å². The van der Waals surface area contributed by atoms with E-state index in [0.717, 1.165) is 0 Å². The molecule has 1 saturated heterocycles. The van der Waals surface area contributed by atoms with Crippen LogP contribution in [0.4, 0.5) is 0 Å². The molecule has 0 radical (unpaired) electrons. The normalized spacial score (nSPS) is 18.3. The Balaban J connectivity index is 1.80. The van der Waals surface area contributed by atoms with Crippen LogP contribution in [-0.2, 0) is 4.79 Å². The fourth-order valence-electron chi connectivity index (χ4n) is 2.34. The summed E-state index contributed by atoms with van der Waals surface area (Å²) in [6, 6.07) is 10.2. The molecule has 0 saturated carbocycles. The van der Waals surface area contributed by atoms with Crippen molar-refractivity contribution in [1.82, 2.24) is 5.32 Å². The standard InChI is InChI=1S/C15H21NOS/c1-12(14-5-3-2-4-6-14)16-15(17)11-13-7-9-18-10-8-13/h2-6,12-13H,7-11H2,1H3,(H,16,17). The van der Waals surface area contributed by atoms with Crippen LogP contribution in [0.15, 0.2) is 30.3 Å². The van der Waals surface area contributed by atoms with Gasteiger partial charge in [0.05, 0.1) is 6.04 Å². The molecule has 1 aliphatic heterocycles. The van der Waals surface area contributed by atoms with Gasteiger partial charge in [-0.2, -0.15) is 11.8 Å². The number of amides is 1. The molecule has 2 rings (SSSR count). The van der Waals surface area contributed by atoms with E-state index in [1.54, 1.807) is 0 Å². The largest absolute Gasteiger partial charge is 0.350 e. The molecule has 98 valence electrons. The molecule has 0 aromatic heterocycles. The van der Waals surface area contributed by atoms with Gasteiger partial charge in [-0.1, -0.05) is 30.3 Å². The minimum atomic E-state index is 0.108. The summed E-state index contributed by atoms with van der Waals surface area (Å²) in [6.45, 7) is 2.05. The van der Waals surface area contributed by atoms with E-state index < -0.39 is 0 Å². The van der Waals surface area contributed by atoms with E-state index in [1.165, 1.54) is 29.9 Å². The molecule has 1 N–H and O–H groups in total. The van der Waals surface area contributed by atoms with Crippen LogP contribution in [0.3, 0.4) is 0 Å². The first kappa shape index (κ1) is 13.5. The molecule has 1 amide bonds. The number of thioether (sulfide) groups is 1. The molecular weight excluding hydrogens is 242 g/mol. The van der Waals surface area contributed by atoms with E-state index in [0.29, 0.717) is 12.3 Å². The maximum atomic E-state index is 12.0. The molecule has 0 aliphatic carbocycles. The lowest BCUT2D eigenvalue weighted by molar-refractivity contribution is -0.122. The average Bonchev–Trinajstić information content (AvgIpc) is 2.40. The van der Waals surface area contributed by atoms with E-state index in [4.69, 9.17) is 0 Å². The lowest BCUT2D eigenvalue weighted by Gasteiger charge is -2.22. The Morgan fingerprint density at radius 3 is 2.67 bits per heavy atom. The number of hydrogen-bond acceptors (Lipinski definition) is 2. The van der Waals surface area contributed by atoms with Crippen LogP contribution in [0.1, 0.15) is 37.8 Å². The predicted molar refractivity (Wildman–Crippen MR) is 77.7 cm³/mol. The maximum absolute atomic E-state index is 12.0. The molecule has 2 nitrogen and oxygen atoms in total. The summed E-state index contributed by atoms with van der Waals surface area (Å²) in [5.41, 5.74) is 1.17. The van der Waals surface area contributed by atoms with Gasteiger partial charge in [-0.15, -0.1) is 0 Å². The highest BCUT2D eigenvalue weighted by Crippen LogP contribution is 2.25. The molecule has 18 heavy (non-hydrogen) atoms. The van der Waals surface area contributed by atoms with Crippen LogP contribution in [0.5, 0.6) is 0 Å². The van der Waals surface area contributed by atoms with E-state index in [9.17, 15) is 4.79 Å². The Morgan fingerprint density at radius 1 is 1.33 bits per heavy atom. The van der Waals surface area contributed by atoms with Crippen LogP contribution >= 0.6 is 11.8 Å². The van der Waals surface area contributed by atoms with E-state index in [-0.39, 0.29) is 11.9 Å². The Morgan fingerprint density at radius 2 is 2.00 bits per heavy atom. The second kappa shape index (κ2) is 6.83. The van der Waals surface area contributed by atoms with Crippen molar-refractivity contribution in [2.45, 2.75) is 32.2 Å². The van der Waals surface area contributed by atoms with Crippen LogP contribution in [0.25, 0.3) is 0 Å². The number of rotatable bonds is 4. The van der Waals surface area contributed by atoms with Crippen molar-refractivity contribution < 1.29 is 4.79 Å². The van der Waals surface area contributed by atoms with Crippen LogP contribution < -0.4 is 5.32 Å². The maximum Gasteiger partial charge on any atom is 0.220 e. The Bertz CT molecular complexity index is 373. The van der Waals surface area contributed by atoms with Gasteiger partial charge in [0, 0.05) is 6.42 Å². The molecular formula is C15H21NOS. The zero-order chi connectivity index (χ0) is 12.8. The molecule has 0 bridgehead atoms. The molecule has 1 aromatic rings. The van der Waals surface area contributed by atoms with Crippen molar-refractivity contribution in [1.29, 1.82) is 0 Å². The highest BCUT2D eigenvalue weighted by Gasteiger charge is 2.18. The first-order valence-electron chi connectivity index (χ1n) is 6.68. The Kier molecular flexibility index (Phi) is 5.12. The molecule has 0 spiro atoms. The monoisotopic (exact) mass is 263 g/mol. The number of carbonyl (C=O) groups excluding carboxylic acids is 1. The van der Waals surface area contributed by atoms with Crippen molar-refractivity contribution in [3.05, 3.63) is 35.9 Å². The summed E-state index contributed by atoms with van der Waals surface area (Å²) < 4.78 is 0. The van der Waals surface area contributed by atoms with Gasteiger partial charge in [-0.05, 0) is 42.8 Å². The number of hydrogen-bond donors (Lipinski definition) is 1. The molecule has 1 aromatic carbocycles. The first-order valence-corrected chi connectivity index (χ1v) is 7.83. The van der Waals surface area contributed by atoms with Gasteiger partial charge in [-0.3, -0.25) is 4.79 Å². The summed E-state index contributed by atoms with van der Waals surface area (Å²) in [6.07, 6.45) is 3.08. The van der Waals surface area contributed by atoms with Crippen molar-refractivity contribution in [2.24, 2.45) is 5.92 Å². The number of carbonyl (C=O) groups is 1. The third kappa shape index (κ3) is 4.05. The van der Waals surface area contributed by atoms with Gasteiger partial charge in [0.1, 0.15) is 0 Å². The fraction of sp³-hybridized carbons (Fsp3) is 0.533. The van der Waals surface area contributed by atoms with Gasteiger partial charge < -0.3 is 5.32 Å². The SMILES string of the molecule is CC(NC(=O)CC1CCSCC1)c1ccccc1. The average molecular weight is 263 g/mol. The second-order valence-corrected chi connectivity index (χ2v) is 6.18. The number of benzene rings is 1. The van der Waals surface area contributed by atoms with Gasteiger partial charge in [0.25, 0.3) is 0 Å². The minimum absolute atomic E-state index is 0.108. The summed E-state index contributed by atoms with van der Waals surface area (Å²) in [4.78, 5) is 12.0. The van der Waals surface area contributed by atoms with Gasteiger partial charge in [-0.25, -0.2) is 0 Å². The van der Waals surface area contributed by atoms with E-state index in [2.05, 4.69) is 17.4 Å². The highest BCUT2D eigenvalue weighted by atomic mass is 32.2. The summed E-state index contributed by atoms with van der Waals surface area (Å²) in [5, 5.41) is 3.10. The Hall–Kier alpha value is -0.960. The summed E-state index contributed by atoms with van der Waals surface area (Å²) in [5.74, 6) is 3.22. The van der Waals surface area contributed by atoms with Crippen molar-refractivity contribution in [3.8, 4) is 0 Å². The zero-order valence-corrected chi connectivity index (χ0v) is 11.7. The van der Waals surface area contributed by atoms with E-state index in [1.807, 2.05) is 36.9 Å². The zero-order valence-electron chi connectivity index (χ0n) is 10.9. The van der Waals surface area contributed by atoms with Crippen molar-refractivity contribution in [2.75, 3.05) is 11.5 Å². The van der Waals surface area contributed by atoms with Gasteiger partial charge in [0.2, 0.25) is 5.91 Å². The van der Waals surface area contributed by atoms with Crippen LogP contribution in [-0.4, -0.2) is 17.4 Å². The minimum Gasteiger partial charge on any atom is -0.350 e. The highest BCUT2D eigenvalue weighted by molar-refractivity contribution is 7.99. The van der Waals surface area contributed by atoms with Crippen LogP contribution in [0.2, 0.25) is 0 Å². The second-order valence-electron chi connectivity index (χ2n) is 4.96. The summed E-state index contributed by atoms with van der Waals surface area (Å²) >= 11 is 2.00.